The first-order chi connectivity index (χ1) is 19.6. The summed E-state index contributed by atoms with van der Waals surface area (Å²) >= 11 is 0. The number of benzene rings is 3. The summed E-state index contributed by atoms with van der Waals surface area (Å²) in [5.41, 5.74) is 0.510. The number of phenols is 1. The number of rotatable bonds is 6. The summed E-state index contributed by atoms with van der Waals surface area (Å²) in [6, 6.07) is 15.4. The third-order valence-electron chi connectivity index (χ3n) is 7.07. The summed E-state index contributed by atoms with van der Waals surface area (Å²) in [6.45, 7) is -0.0485. The minimum Gasteiger partial charge on any atom is -0.507 e. The van der Waals surface area contributed by atoms with Crippen molar-refractivity contribution in [3.05, 3.63) is 101 Å². The number of carbonyl (C=O) groups is 2. The molecule has 1 aromatic heterocycles. The largest absolute Gasteiger partial charge is 0.507 e. The van der Waals surface area contributed by atoms with Crippen LogP contribution >= 0.6 is 0 Å². The van der Waals surface area contributed by atoms with Crippen molar-refractivity contribution in [2.75, 3.05) is 5.32 Å². The fraction of sp³-hybridized carbons (Fsp3) is 0.233. The molecule has 1 aliphatic rings. The number of halogens is 4. The van der Waals surface area contributed by atoms with E-state index < -0.39 is 29.5 Å². The van der Waals surface area contributed by atoms with Crippen LogP contribution < -0.4 is 10.6 Å². The molecule has 0 aliphatic heterocycles. The van der Waals surface area contributed by atoms with Gasteiger partial charge in [0.1, 0.15) is 11.6 Å². The van der Waals surface area contributed by atoms with Gasteiger partial charge in [-0.15, -0.1) is 0 Å². The van der Waals surface area contributed by atoms with Crippen molar-refractivity contribution < 1.29 is 32.3 Å². The Kier molecular flexibility index (Phi) is 7.78. The summed E-state index contributed by atoms with van der Waals surface area (Å²) in [6.07, 6.45) is -0.913. The molecule has 3 N–H and O–H groups in total. The van der Waals surface area contributed by atoms with E-state index >= 15 is 0 Å². The molecule has 11 heteroatoms. The van der Waals surface area contributed by atoms with Gasteiger partial charge in [0.15, 0.2) is 0 Å². The van der Waals surface area contributed by atoms with Gasteiger partial charge >= 0.3 is 12.2 Å². The lowest BCUT2D eigenvalue weighted by molar-refractivity contribution is -0.137. The number of aromatic hydroxyl groups is 1. The Morgan fingerprint density at radius 1 is 0.976 bits per heavy atom. The first-order valence-corrected chi connectivity index (χ1v) is 13.0. The van der Waals surface area contributed by atoms with Gasteiger partial charge in [-0.2, -0.15) is 23.0 Å². The number of alkyl halides is 3. The monoisotopic (exact) mass is 566 g/mol. The van der Waals surface area contributed by atoms with Crippen molar-refractivity contribution in [3.63, 3.8) is 0 Å². The molecule has 41 heavy (non-hydrogen) atoms. The van der Waals surface area contributed by atoms with Crippen molar-refractivity contribution in [1.29, 1.82) is 0 Å². The lowest BCUT2D eigenvalue weighted by atomic mass is 10.0. The van der Waals surface area contributed by atoms with Gasteiger partial charge in [0.05, 0.1) is 17.0 Å². The van der Waals surface area contributed by atoms with Gasteiger partial charge in [-0.1, -0.05) is 37.1 Å². The van der Waals surface area contributed by atoms with Crippen LogP contribution in [0.2, 0.25) is 0 Å². The van der Waals surface area contributed by atoms with Crippen molar-refractivity contribution >= 4 is 17.6 Å². The molecule has 7 nitrogen and oxygen atoms in total. The van der Waals surface area contributed by atoms with E-state index in [-0.39, 0.29) is 40.7 Å². The van der Waals surface area contributed by atoms with E-state index in [1.807, 2.05) is 0 Å². The van der Waals surface area contributed by atoms with Gasteiger partial charge in [-0.3, -0.25) is 4.79 Å². The van der Waals surface area contributed by atoms with Gasteiger partial charge in [0.25, 0.3) is 5.91 Å². The number of aromatic nitrogens is 2. The van der Waals surface area contributed by atoms with Gasteiger partial charge in [0.2, 0.25) is 0 Å². The molecule has 0 atom stereocenters. The maximum Gasteiger partial charge on any atom is 0.416 e. The molecule has 1 fully saturated rings. The van der Waals surface area contributed by atoms with Crippen molar-refractivity contribution in [1.82, 2.24) is 15.1 Å². The molecule has 4 aromatic rings. The quantitative estimate of drug-likeness (QED) is 0.172. The van der Waals surface area contributed by atoms with E-state index in [2.05, 4.69) is 15.7 Å². The van der Waals surface area contributed by atoms with Gasteiger partial charge in [-0.25, -0.2) is 9.18 Å². The predicted octanol–water partition coefficient (Wildman–Crippen LogP) is 7.08. The molecular weight excluding hydrogens is 540 g/mol. The number of amides is 2. The Morgan fingerprint density at radius 2 is 1.73 bits per heavy atom. The zero-order valence-corrected chi connectivity index (χ0v) is 21.7. The minimum atomic E-state index is -4.60. The molecule has 1 aliphatic carbocycles. The highest BCUT2D eigenvalue weighted by Gasteiger charge is 2.31. The number of nitrogens with zero attached hydrogens (tertiary/aromatic N) is 2. The summed E-state index contributed by atoms with van der Waals surface area (Å²) in [5.74, 6) is -1.32. The van der Waals surface area contributed by atoms with Crippen LogP contribution in [0.15, 0.2) is 72.8 Å². The van der Waals surface area contributed by atoms with Gasteiger partial charge in [-0.05, 0) is 61.4 Å². The smallest absolute Gasteiger partial charge is 0.416 e. The number of carbonyl (C=O) groups excluding carboxylic acids is 2. The summed E-state index contributed by atoms with van der Waals surface area (Å²) in [7, 11) is 0. The topological polar surface area (TPSA) is 96.2 Å². The van der Waals surface area contributed by atoms with Crippen molar-refractivity contribution in [3.8, 4) is 17.0 Å². The standard InChI is InChI=1S/C30H26F4N4O3/c31-24-11-4-3-8-20(24)17-35-29(41)38-26(18-6-1-2-7-18)16-25(37-38)23-15-22(12-13-27(23)39)36-28(40)19-9-5-10-21(14-19)30(32,33)34/h3-5,8-16,18,39H,1-2,6-7,17H2,(H,35,41)(H,36,40). The second-order valence-corrected chi connectivity index (χ2v) is 9.86. The normalized spacial score (nSPS) is 13.8. The lowest BCUT2D eigenvalue weighted by Crippen LogP contribution is -2.31. The van der Waals surface area contributed by atoms with Crippen LogP contribution in [0.5, 0.6) is 5.75 Å². The molecule has 0 radical (unpaired) electrons. The number of hydrogen-bond donors (Lipinski definition) is 3. The minimum absolute atomic E-state index is 0.0485. The number of phenolic OH excluding ortho intramolecular Hbond substituents is 1. The van der Waals surface area contributed by atoms with Crippen molar-refractivity contribution in [2.24, 2.45) is 0 Å². The van der Waals surface area contributed by atoms with E-state index in [0.717, 1.165) is 43.9 Å². The Hall–Kier alpha value is -4.67. The maximum absolute atomic E-state index is 14.1. The molecule has 0 unspecified atom stereocenters. The molecule has 3 aromatic carbocycles. The number of nitrogens with one attached hydrogen (secondary N) is 2. The highest BCUT2D eigenvalue weighted by atomic mass is 19.4. The average molecular weight is 567 g/mol. The molecule has 0 bridgehead atoms. The fourth-order valence-corrected chi connectivity index (χ4v) is 4.95. The highest BCUT2D eigenvalue weighted by molar-refractivity contribution is 6.04. The first-order valence-electron chi connectivity index (χ1n) is 13.0. The van der Waals surface area contributed by atoms with E-state index in [9.17, 15) is 32.3 Å². The van der Waals surface area contributed by atoms with Crippen LogP contribution in [0.1, 0.15) is 58.8 Å². The Balaban J connectivity index is 1.42. The molecule has 5 rings (SSSR count). The third kappa shape index (κ3) is 6.24. The molecular formula is C30H26F4N4O3. The second kappa shape index (κ2) is 11.4. The number of anilines is 1. The van der Waals surface area contributed by atoms with Crippen LogP contribution in [-0.4, -0.2) is 26.8 Å². The van der Waals surface area contributed by atoms with E-state index in [0.29, 0.717) is 11.3 Å². The van der Waals surface area contributed by atoms with Crippen LogP contribution in [0.3, 0.4) is 0 Å². The zero-order valence-electron chi connectivity index (χ0n) is 21.7. The first kappa shape index (κ1) is 27.9. The van der Waals surface area contributed by atoms with Crippen LogP contribution in [0.25, 0.3) is 11.3 Å². The molecule has 0 saturated heterocycles. The van der Waals surface area contributed by atoms with Gasteiger partial charge in [0, 0.05) is 34.8 Å². The summed E-state index contributed by atoms with van der Waals surface area (Å²) in [4.78, 5) is 25.9. The maximum atomic E-state index is 14.1. The van der Waals surface area contributed by atoms with Gasteiger partial charge < -0.3 is 15.7 Å². The number of hydrogen-bond acceptors (Lipinski definition) is 4. The molecule has 0 spiro atoms. The zero-order chi connectivity index (χ0) is 29.1. The van der Waals surface area contributed by atoms with Crippen LogP contribution in [0, 0.1) is 5.82 Å². The summed E-state index contributed by atoms with van der Waals surface area (Å²) < 4.78 is 54.5. The SMILES string of the molecule is O=C(Nc1ccc(O)c(-c2cc(C3CCCC3)n(C(=O)NCc3ccccc3F)n2)c1)c1cccc(C(F)(F)F)c1. The Bertz CT molecular complexity index is 1590. The molecule has 2 amide bonds. The predicted molar refractivity (Wildman–Crippen MR) is 144 cm³/mol. The Morgan fingerprint density at radius 3 is 2.46 bits per heavy atom. The lowest BCUT2D eigenvalue weighted by Gasteiger charge is -2.12. The molecule has 1 saturated carbocycles. The fourth-order valence-electron chi connectivity index (χ4n) is 4.95. The average Bonchev–Trinajstić information content (AvgIpc) is 3.64. The molecule has 1 heterocycles. The third-order valence-corrected chi connectivity index (χ3v) is 7.07. The van der Waals surface area contributed by atoms with E-state index in [4.69, 9.17) is 0 Å². The summed E-state index contributed by atoms with van der Waals surface area (Å²) in [5, 5.41) is 20.3. The second-order valence-electron chi connectivity index (χ2n) is 9.86. The van der Waals surface area contributed by atoms with Crippen LogP contribution in [-0.2, 0) is 12.7 Å². The van der Waals surface area contributed by atoms with Crippen molar-refractivity contribution in [2.45, 2.75) is 44.3 Å². The molecule has 212 valence electrons. The van der Waals surface area contributed by atoms with Crippen LogP contribution in [0.4, 0.5) is 28.0 Å². The highest BCUT2D eigenvalue weighted by Crippen LogP contribution is 2.38. The van der Waals surface area contributed by atoms with E-state index in [1.54, 1.807) is 24.3 Å². The Labute approximate surface area is 232 Å². The van der Waals surface area contributed by atoms with E-state index in [1.165, 1.54) is 35.0 Å².